The number of nitrogens with zero attached hydrogens (tertiary/aromatic N) is 1. The van der Waals surface area contributed by atoms with Gasteiger partial charge in [-0.2, -0.15) is 5.10 Å². The Bertz CT molecular complexity index is 928. The van der Waals surface area contributed by atoms with Gasteiger partial charge in [-0.1, -0.05) is 22.0 Å². The number of rotatable bonds is 8. The quantitative estimate of drug-likeness (QED) is 0.459. The number of hydrogen-bond donors (Lipinski definition) is 2. The number of benzene rings is 2. The molecule has 154 valence electrons. The van der Waals surface area contributed by atoms with E-state index in [-0.39, 0.29) is 18.9 Å². The van der Waals surface area contributed by atoms with Crippen molar-refractivity contribution in [3.05, 3.63) is 52.0 Å². The van der Waals surface area contributed by atoms with Crippen molar-refractivity contribution >= 4 is 39.1 Å². The molecule has 0 bridgehead atoms. The molecule has 0 saturated heterocycles. The average molecular weight is 462 g/mol. The normalized spacial score (nSPS) is 11.0. The van der Waals surface area contributed by atoms with Gasteiger partial charge in [0.15, 0.2) is 6.61 Å². The van der Waals surface area contributed by atoms with Gasteiger partial charge >= 0.3 is 0 Å². The molecule has 0 radical (unpaired) electrons. The maximum Gasteiger partial charge on any atom is 0.277 e. The molecule has 8 heteroatoms. The van der Waals surface area contributed by atoms with E-state index in [1.165, 1.54) is 0 Å². The van der Waals surface area contributed by atoms with Gasteiger partial charge < -0.3 is 14.8 Å². The summed E-state index contributed by atoms with van der Waals surface area (Å²) in [5, 5.41) is 6.74. The van der Waals surface area contributed by atoms with Crippen LogP contribution in [0.1, 0.15) is 24.5 Å². The third kappa shape index (κ3) is 7.23. The highest BCUT2D eigenvalue weighted by atomic mass is 79.9. The van der Waals surface area contributed by atoms with Crippen LogP contribution in [0, 0.1) is 13.8 Å². The van der Waals surface area contributed by atoms with Crippen LogP contribution in [0.4, 0.5) is 5.69 Å². The summed E-state index contributed by atoms with van der Waals surface area (Å²) in [6.45, 7) is 5.34. The number of ether oxygens (including phenoxy) is 2. The summed E-state index contributed by atoms with van der Waals surface area (Å²) in [6, 6.07) is 11.0. The molecule has 7 nitrogen and oxygen atoms in total. The molecule has 2 aromatic carbocycles. The van der Waals surface area contributed by atoms with E-state index in [1.54, 1.807) is 26.2 Å². The monoisotopic (exact) mass is 461 g/mol. The van der Waals surface area contributed by atoms with Crippen LogP contribution in [-0.4, -0.2) is 31.2 Å². The summed E-state index contributed by atoms with van der Waals surface area (Å²) >= 11 is 3.41. The summed E-state index contributed by atoms with van der Waals surface area (Å²) in [5.74, 6) is 0.497. The van der Waals surface area contributed by atoms with Gasteiger partial charge in [-0.15, -0.1) is 0 Å². The molecule has 0 saturated carbocycles. The summed E-state index contributed by atoms with van der Waals surface area (Å²) in [7, 11) is 1.54. The van der Waals surface area contributed by atoms with Gasteiger partial charge in [0.2, 0.25) is 5.91 Å². The highest BCUT2D eigenvalue weighted by molar-refractivity contribution is 9.10. The number of hydrogen-bond acceptors (Lipinski definition) is 5. The minimum atomic E-state index is -0.411. The van der Waals surface area contributed by atoms with E-state index in [9.17, 15) is 9.59 Å². The molecule has 0 atom stereocenters. The van der Waals surface area contributed by atoms with Crippen molar-refractivity contribution in [1.82, 2.24) is 5.43 Å². The maximum atomic E-state index is 12.2. The molecule has 0 aliphatic heterocycles. The molecule has 29 heavy (non-hydrogen) atoms. The lowest BCUT2D eigenvalue weighted by Gasteiger charge is -2.11. The third-order valence-corrected chi connectivity index (χ3v) is 4.81. The minimum Gasteiger partial charge on any atom is -0.495 e. The van der Waals surface area contributed by atoms with Gasteiger partial charge in [-0.05, 0) is 62.2 Å². The number of carbonyl (C=O) groups is 2. The van der Waals surface area contributed by atoms with Crippen molar-refractivity contribution in [3.8, 4) is 11.5 Å². The van der Waals surface area contributed by atoms with E-state index in [0.717, 1.165) is 15.6 Å². The van der Waals surface area contributed by atoms with E-state index < -0.39 is 5.91 Å². The van der Waals surface area contributed by atoms with Crippen LogP contribution in [0.3, 0.4) is 0 Å². The SMILES string of the molecule is COc1ccc(C)cc1NC(=O)C/C(C)=N/NC(=O)COc1ccc(Br)c(C)c1. The van der Waals surface area contributed by atoms with Crippen molar-refractivity contribution in [1.29, 1.82) is 0 Å². The number of hydrazone groups is 1. The van der Waals surface area contributed by atoms with Gasteiger partial charge in [0.25, 0.3) is 5.91 Å². The van der Waals surface area contributed by atoms with Crippen molar-refractivity contribution in [2.45, 2.75) is 27.2 Å². The second kappa shape index (κ2) is 10.6. The number of carbonyl (C=O) groups excluding carboxylic acids is 2. The van der Waals surface area contributed by atoms with Crippen LogP contribution in [-0.2, 0) is 9.59 Å². The van der Waals surface area contributed by atoms with Crippen molar-refractivity contribution < 1.29 is 19.1 Å². The number of halogens is 1. The van der Waals surface area contributed by atoms with E-state index in [2.05, 4.69) is 31.8 Å². The zero-order valence-electron chi connectivity index (χ0n) is 16.8. The minimum absolute atomic E-state index is 0.0319. The lowest BCUT2D eigenvalue weighted by molar-refractivity contribution is -0.123. The predicted octanol–water partition coefficient (Wildman–Crippen LogP) is 3.97. The summed E-state index contributed by atoms with van der Waals surface area (Å²) < 4.78 is 11.6. The molecule has 0 aromatic heterocycles. The second-order valence-electron chi connectivity index (χ2n) is 6.51. The van der Waals surface area contributed by atoms with Gasteiger partial charge in [-0.3, -0.25) is 9.59 Å². The number of methoxy groups -OCH3 is 1. The molecule has 2 amide bonds. The Hall–Kier alpha value is -2.87. The highest BCUT2D eigenvalue weighted by Crippen LogP contribution is 2.25. The molecular formula is C21H24BrN3O4. The highest BCUT2D eigenvalue weighted by Gasteiger charge is 2.10. The predicted molar refractivity (Wildman–Crippen MR) is 117 cm³/mol. The zero-order chi connectivity index (χ0) is 21.4. The fourth-order valence-corrected chi connectivity index (χ4v) is 2.68. The molecule has 0 aliphatic rings. The molecule has 2 rings (SSSR count). The Morgan fingerprint density at radius 3 is 2.55 bits per heavy atom. The fraction of sp³-hybridized carbons (Fsp3) is 0.286. The average Bonchev–Trinajstić information content (AvgIpc) is 2.67. The van der Waals surface area contributed by atoms with Gasteiger partial charge in [0.1, 0.15) is 11.5 Å². The molecule has 0 spiro atoms. The summed E-state index contributed by atoms with van der Waals surface area (Å²) in [4.78, 5) is 24.1. The molecule has 0 fully saturated rings. The van der Waals surface area contributed by atoms with Crippen LogP contribution in [0.25, 0.3) is 0 Å². The van der Waals surface area contributed by atoms with Gasteiger partial charge in [0, 0.05) is 10.2 Å². The van der Waals surface area contributed by atoms with Gasteiger partial charge in [-0.25, -0.2) is 5.43 Å². The van der Waals surface area contributed by atoms with Gasteiger partial charge in [0.05, 0.1) is 19.2 Å². The largest absolute Gasteiger partial charge is 0.495 e. The van der Waals surface area contributed by atoms with E-state index >= 15 is 0 Å². The Labute approximate surface area is 178 Å². The fourth-order valence-electron chi connectivity index (χ4n) is 2.43. The van der Waals surface area contributed by atoms with E-state index in [1.807, 2.05) is 38.1 Å². The standard InChI is InChI=1S/C21H24BrN3O4/c1-13-5-8-19(28-4)18(9-13)23-20(26)11-15(3)24-25-21(27)12-29-16-6-7-17(22)14(2)10-16/h5-10H,11-12H2,1-4H3,(H,23,26)(H,25,27)/b24-15+. The lowest BCUT2D eigenvalue weighted by atomic mass is 10.2. The first-order valence-electron chi connectivity index (χ1n) is 8.94. The smallest absolute Gasteiger partial charge is 0.277 e. The Morgan fingerprint density at radius 2 is 1.86 bits per heavy atom. The van der Waals surface area contributed by atoms with Crippen LogP contribution < -0.4 is 20.2 Å². The Kier molecular flexibility index (Phi) is 8.21. The molecule has 0 heterocycles. The number of nitrogens with one attached hydrogen (secondary N) is 2. The first-order chi connectivity index (χ1) is 13.8. The van der Waals surface area contributed by atoms with Crippen LogP contribution in [0.15, 0.2) is 46.0 Å². The van der Waals surface area contributed by atoms with Crippen molar-refractivity contribution in [2.75, 3.05) is 19.0 Å². The zero-order valence-corrected chi connectivity index (χ0v) is 18.4. The van der Waals surface area contributed by atoms with Crippen LogP contribution in [0.2, 0.25) is 0 Å². The lowest BCUT2D eigenvalue weighted by Crippen LogP contribution is -2.26. The van der Waals surface area contributed by atoms with Crippen LogP contribution >= 0.6 is 15.9 Å². The van der Waals surface area contributed by atoms with Crippen molar-refractivity contribution in [2.24, 2.45) is 5.10 Å². The first-order valence-corrected chi connectivity index (χ1v) is 9.73. The molecule has 2 N–H and O–H groups in total. The van der Waals surface area contributed by atoms with Crippen LogP contribution in [0.5, 0.6) is 11.5 Å². The third-order valence-electron chi connectivity index (χ3n) is 3.92. The Morgan fingerprint density at radius 1 is 1.10 bits per heavy atom. The second-order valence-corrected chi connectivity index (χ2v) is 7.36. The topological polar surface area (TPSA) is 89.0 Å². The number of aryl methyl sites for hydroxylation is 2. The van der Waals surface area contributed by atoms with E-state index in [4.69, 9.17) is 9.47 Å². The number of anilines is 1. The molecule has 0 aliphatic carbocycles. The molecular weight excluding hydrogens is 438 g/mol. The first kappa shape index (κ1) is 22.4. The van der Waals surface area contributed by atoms with Crippen molar-refractivity contribution in [3.63, 3.8) is 0 Å². The molecule has 2 aromatic rings. The summed E-state index contributed by atoms with van der Waals surface area (Å²) in [5.41, 5.74) is 5.45. The summed E-state index contributed by atoms with van der Waals surface area (Å²) in [6.07, 6.45) is 0.0319. The maximum absolute atomic E-state index is 12.2. The molecule has 0 unspecified atom stereocenters. The number of amides is 2. The van der Waals surface area contributed by atoms with E-state index in [0.29, 0.717) is 22.9 Å². The Balaban J connectivity index is 1.83.